The van der Waals surface area contributed by atoms with Crippen LogP contribution in [-0.4, -0.2) is 32.6 Å². The molecule has 0 aliphatic heterocycles. The maximum absolute atomic E-state index is 12.4. The van der Waals surface area contributed by atoms with Crippen molar-refractivity contribution >= 4 is 23.2 Å². The Morgan fingerprint density at radius 2 is 1.52 bits per heavy atom. The van der Waals surface area contributed by atoms with E-state index < -0.39 is 0 Å². The van der Waals surface area contributed by atoms with Gasteiger partial charge in [-0.1, -0.05) is 18.2 Å². The van der Waals surface area contributed by atoms with E-state index in [-0.39, 0.29) is 24.8 Å². The highest BCUT2D eigenvalue weighted by Crippen LogP contribution is 2.36. The lowest BCUT2D eigenvalue weighted by atomic mass is 10.2. The fourth-order valence-electron chi connectivity index (χ4n) is 2.21. The molecule has 2 aromatic rings. The van der Waals surface area contributed by atoms with E-state index >= 15 is 0 Å². The van der Waals surface area contributed by atoms with Gasteiger partial charge in [0.25, 0.3) is 5.91 Å². The third-order valence-electron chi connectivity index (χ3n) is 3.45. The predicted molar refractivity (Wildman–Crippen MR) is 96.2 cm³/mol. The molecule has 4 N–H and O–H groups in total. The Labute approximate surface area is 146 Å². The maximum atomic E-state index is 12.4. The summed E-state index contributed by atoms with van der Waals surface area (Å²) in [4.78, 5) is 24.3. The Balaban J connectivity index is 2.35. The summed E-state index contributed by atoms with van der Waals surface area (Å²) in [6.07, 6.45) is 0.167. The van der Waals surface area contributed by atoms with Crippen LogP contribution in [0.5, 0.6) is 11.5 Å². The molecule has 7 heteroatoms. The number of nitrogens with two attached hydrogens (primary N) is 1. The van der Waals surface area contributed by atoms with Crippen molar-refractivity contribution in [1.82, 2.24) is 0 Å². The van der Waals surface area contributed by atoms with Crippen molar-refractivity contribution in [3.63, 3.8) is 0 Å². The summed E-state index contributed by atoms with van der Waals surface area (Å²) < 4.78 is 10.5. The van der Waals surface area contributed by atoms with Crippen LogP contribution in [0, 0.1) is 0 Å². The van der Waals surface area contributed by atoms with Crippen LogP contribution in [0.3, 0.4) is 0 Å². The molecule has 2 aromatic carbocycles. The van der Waals surface area contributed by atoms with Crippen molar-refractivity contribution in [2.45, 2.75) is 6.42 Å². The Hall–Kier alpha value is -3.06. The van der Waals surface area contributed by atoms with E-state index in [1.807, 2.05) is 6.07 Å². The number of rotatable bonds is 7. The van der Waals surface area contributed by atoms with Crippen molar-refractivity contribution in [2.24, 2.45) is 5.73 Å². The lowest BCUT2D eigenvalue weighted by Gasteiger charge is -2.16. The molecule has 0 fully saturated rings. The van der Waals surface area contributed by atoms with Crippen molar-refractivity contribution in [1.29, 1.82) is 0 Å². The summed E-state index contributed by atoms with van der Waals surface area (Å²) in [7, 11) is 2.99. The lowest BCUT2D eigenvalue weighted by Crippen LogP contribution is -2.19. The molecule has 0 bridgehead atoms. The van der Waals surface area contributed by atoms with Gasteiger partial charge in [0.2, 0.25) is 5.91 Å². The van der Waals surface area contributed by atoms with Gasteiger partial charge in [-0.25, -0.2) is 0 Å². The zero-order chi connectivity index (χ0) is 18.2. The van der Waals surface area contributed by atoms with Gasteiger partial charge in [0.05, 0.1) is 25.6 Å². The van der Waals surface area contributed by atoms with Crippen LogP contribution in [0.25, 0.3) is 0 Å². The van der Waals surface area contributed by atoms with Gasteiger partial charge >= 0.3 is 0 Å². The van der Waals surface area contributed by atoms with Crippen molar-refractivity contribution in [3.8, 4) is 11.5 Å². The molecule has 132 valence electrons. The number of hydrogen-bond donors (Lipinski definition) is 3. The molecule has 0 aromatic heterocycles. The molecule has 0 aliphatic carbocycles. The SMILES string of the molecule is COc1cc(NC(=O)CCN)c(NC(=O)c2ccccc2)cc1OC. The minimum atomic E-state index is -0.304. The standard InChI is InChI=1S/C18H21N3O4/c1-24-15-10-13(20-17(22)8-9-19)14(11-16(15)25-2)21-18(23)12-6-4-3-5-7-12/h3-7,10-11H,8-9,19H2,1-2H3,(H,20,22)(H,21,23). The third-order valence-corrected chi connectivity index (χ3v) is 3.45. The van der Waals surface area contributed by atoms with Crippen molar-refractivity contribution in [2.75, 3.05) is 31.4 Å². The van der Waals surface area contributed by atoms with E-state index in [0.29, 0.717) is 28.4 Å². The molecular formula is C18H21N3O4. The first kappa shape index (κ1) is 18.3. The normalized spacial score (nSPS) is 10.0. The Morgan fingerprint density at radius 1 is 0.960 bits per heavy atom. The smallest absolute Gasteiger partial charge is 0.255 e. The molecule has 0 unspecified atom stereocenters. The highest BCUT2D eigenvalue weighted by atomic mass is 16.5. The Bertz CT molecular complexity index is 747. The van der Waals surface area contributed by atoms with Gasteiger partial charge < -0.3 is 25.8 Å². The Kier molecular flexibility index (Phi) is 6.36. The van der Waals surface area contributed by atoms with Gasteiger partial charge in [0, 0.05) is 30.7 Å². The van der Waals surface area contributed by atoms with Crippen LogP contribution in [0.4, 0.5) is 11.4 Å². The number of ether oxygens (including phenoxy) is 2. The fourth-order valence-corrected chi connectivity index (χ4v) is 2.21. The van der Waals surface area contributed by atoms with E-state index in [9.17, 15) is 9.59 Å². The molecule has 2 rings (SSSR count). The van der Waals surface area contributed by atoms with Gasteiger partial charge in [0.15, 0.2) is 11.5 Å². The first-order chi connectivity index (χ1) is 12.1. The van der Waals surface area contributed by atoms with Crippen molar-refractivity contribution < 1.29 is 19.1 Å². The quantitative estimate of drug-likeness (QED) is 0.715. The Morgan fingerprint density at radius 3 is 2.04 bits per heavy atom. The molecule has 0 heterocycles. The summed E-state index contributed by atoms with van der Waals surface area (Å²) in [5.74, 6) is 0.304. The highest BCUT2D eigenvalue weighted by Gasteiger charge is 2.16. The number of carbonyl (C=O) groups excluding carboxylic acids is 2. The molecule has 25 heavy (non-hydrogen) atoms. The predicted octanol–water partition coefficient (Wildman–Crippen LogP) is 2.24. The van der Waals surface area contributed by atoms with E-state index in [0.717, 1.165) is 0 Å². The van der Waals surface area contributed by atoms with Crippen LogP contribution < -0.4 is 25.8 Å². The van der Waals surface area contributed by atoms with E-state index in [1.165, 1.54) is 14.2 Å². The number of hydrogen-bond acceptors (Lipinski definition) is 5. The van der Waals surface area contributed by atoms with Crippen molar-refractivity contribution in [3.05, 3.63) is 48.0 Å². The zero-order valence-electron chi connectivity index (χ0n) is 14.2. The fraction of sp³-hybridized carbons (Fsp3) is 0.222. The summed E-state index contributed by atoms with van der Waals surface area (Å²) in [5.41, 5.74) is 6.70. The first-order valence-electron chi connectivity index (χ1n) is 7.71. The first-order valence-corrected chi connectivity index (χ1v) is 7.71. The maximum Gasteiger partial charge on any atom is 0.255 e. The summed E-state index contributed by atoms with van der Waals surface area (Å²) in [6.45, 7) is 0.227. The number of benzene rings is 2. The van der Waals surface area contributed by atoms with Crippen LogP contribution in [-0.2, 0) is 4.79 Å². The number of nitrogens with one attached hydrogen (secondary N) is 2. The van der Waals surface area contributed by atoms with E-state index in [1.54, 1.807) is 36.4 Å². The highest BCUT2D eigenvalue weighted by molar-refractivity contribution is 6.07. The molecule has 2 amide bonds. The van der Waals surface area contributed by atoms with Crippen LogP contribution in [0.2, 0.25) is 0 Å². The van der Waals surface area contributed by atoms with Gasteiger partial charge in [-0.3, -0.25) is 9.59 Å². The second-order valence-corrected chi connectivity index (χ2v) is 5.16. The van der Waals surface area contributed by atoms with Gasteiger partial charge in [-0.05, 0) is 12.1 Å². The minimum Gasteiger partial charge on any atom is -0.493 e. The molecular weight excluding hydrogens is 322 g/mol. The summed E-state index contributed by atoms with van der Waals surface area (Å²) in [6, 6.07) is 11.9. The minimum absolute atomic E-state index is 0.167. The van der Waals surface area contributed by atoms with E-state index in [2.05, 4.69) is 10.6 Å². The van der Waals surface area contributed by atoms with Crippen LogP contribution in [0.15, 0.2) is 42.5 Å². The number of anilines is 2. The van der Waals surface area contributed by atoms with E-state index in [4.69, 9.17) is 15.2 Å². The summed E-state index contributed by atoms with van der Waals surface area (Å²) >= 11 is 0. The monoisotopic (exact) mass is 343 g/mol. The average molecular weight is 343 g/mol. The second kappa shape index (κ2) is 8.70. The zero-order valence-corrected chi connectivity index (χ0v) is 14.2. The van der Waals surface area contributed by atoms with Crippen LogP contribution >= 0.6 is 0 Å². The largest absolute Gasteiger partial charge is 0.493 e. The molecule has 0 saturated carbocycles. The molecule has 0 aliphatic rings. The lowest BCUT2D eigenvalue weighted by molar-refractivity contribution is -0.116. The second-order valence-electron chi connectivity index (χ2n) is 5.16. The topological polar surface area (TPSA) is 103 Å². The number of carbonyl (C=O) groups is 2. The number of methoxy groups -OCH3 is 2. The number of amides is 2. The van der Waals surface area contributed by atoms with Gasteiger partial charge in [-0.2, -0.15) is 0 Å². The molecule has 7 nitrogen and oxygen atoms in total. The summed E-state index contributed by atoms with van der Waals surface area (Å²) in [5, 5.41) is 5.50. The molecule has 0 atom stereocenters. The van der Waals surface area contributed by atoms with Gasteiger partial charge in [0.1, 0.15) is 0 Å². The molecule has 0 spiro atoms. The third kappa shape index (κ3) is 4.71. The molecule has 0 saturated heterocycles. The molecule has 0 radical (unpaired) electrons. The average Bonchev–Trinajstić information content (AvgIpc) is 2.63. The van der Waals surface area contributed by atoms with Gasteiger partial charge in [-0.15, -0.1) is 0 Å². The van der Waals surface area contributed by atoms with Crippen LogP contribution in [0.1, 0.15) is 16.8 Å².